The van der Waals surface area contributed by atoms with Crippen LogP contribution in [0.15, 0.2) is 24.3 Å². The lowest BCUT2D eigenvalue weighted by atomic mass is 10.1. The van der Waals surface area contributed by atoms with E-state index in [0.717, 1.165) is 12.8 Å². The van der Waals surface area contributed by atoms with Crippen LogP contribution >= 0.6 is 12.4 Å². The Bertz CT molecular complexity index is 370. The summed E-state index contributed by atoms with van der Waals surface area (Å²) in [6, 6.07) is 8.78. The van der Waals surface area contributed by atoms with E-state index in [1.165, 1.54) is 11.1 Å². The molecular formula is C13H19ClN2O. The van der Waals surface area contributed by atoms with Gasteiger partial charge in [0.05, 0.1) is 6.54 Å². The summed E-state index contributed by atoms with van der Waals surface area (Å²) in [5, 5.41) is 2.90. The topological polar surface area (TPSA) is 32.3 Å². The van der Waals surface area contributed by atoms with Gasteiger partial charge in [-0.1, -0.05) is 24.3 Å². The number of halogens is 1. The first-order valence-electron chi connectivity index (χ1n) is 5.69. The highest BCUT2D eigenvalue weighted by atomic mass is 35.5. The Kier molecular flexibility index (Phi) is 4.97. The highest BCUT2D eigenvalue weighted by Gasteiger charge is 2.26. The number of fused-ring (bicyclic) bond motifs is 1. The second kappa shape index (κ2) is 6.03. The molecule has 2 rings (SSSR count). The lowest BCUT2D eigenvalue weighted by Gasteiger charge is -2.24. The van der Waals surface area contributed by atoms with Crippen LogP contribution < -0.4 is 5.32 Å². The SMILES string of the molecule is CNCC(=O)N(C)C1Cc2ccccc2C1.Cl. The van der Waals surface area contributed by atoms with E-state index in [4.69, 9.17) is 0 Å². The fraction of sp³-hybridized carbons (Fsp3) is 0.462. The number of rotatable bonds is 3. The van der Waals surface area contributed by atoms with E-state index in [1.54, 1.807) is 7.05 Å². The summed E-state index contributed by atoms with van der Waals surface area (Å²) in [7, 11) is 3.70. The molecule has 0 aromatic heterocycles. The van der Waals surface area contributed by atoms with E-state index in [1.807, 2.05) is 11.9 Å². The van der Waals surface area contributed by atoms with Gasteiger partial charge in [0.1, 0.15) is 0 Å². The molecule has 4 heteroatoms. The minimum Gasteiger partial charge on any atom is -0.341 e. The standard InChI is InChI=1S/C13H18N2O.ClH/c1-14-9-13(16)15(2)12-7-10-5-3-4-6-11(10)8-12;/h3-6,12,14H,7-9H2,1-2H3;1H. The maximum atomic E-state index is 11.7. The Balaban J connectivity index is 0.00000144. The number of carbonyl (C=O) groups excluding carboxylic acids is 1. The van der Waals surface area contributed by atoms with Crippen molar-refractivity contribution in [2.75, 3.05) is 20.6 Å². The highest BCUT2D eigenvalue weighted by Crippen LogP contribution is 2.24. The molecule has 0 spiro atoms. The summed E-state index contributed by atoms with van der Waals surface area (Å²) in [5.74, 6) is 0.167. The van der Waals surface area contributed by atoms with Gasteiger partial charge < -0.3 is 10.2 Å². The van der Waals surface area contributed by atoms with Crippen molar-refractivity contribution in [3.63, 3.8) is 0 Å². The minimum atomic E-state index is 0. The number of benzene rings is 1. The van der Waals surface area contributed by atoms with Gasteiger partial charge in [-0.2, -0.15) is 0 Å². The summed E-state index contributed by atoms with van der Waals surface area (Å²) < 4.78 is 0. The van der Waals surface area contributed by atoms with Gasteiger partial charge in [-0.15, -0.1) is 12.4 Å². The Hall–Kier alpha value is -1.06. The molecule has 0 aliphatic heterocycles. The predicted molar refractivity (Wildman–Crippen MR) is 71.6 cm³/mol. The average molecular weight is 255 g/mol. The van der Waals surface area contributed by atoms with E-state index in [9.17, 15) is 4.79 Å². The first kappa shape index (κ1) is 14.0. The van der Waals surface area contributed by atoms with Crippen LogP contribution in [-0.4, -0.2) is 37.5 Å². The van der Waals surface area contributed by atoms with Crippen molar-refractivity contribution >= 4 is 18.3 Å². The quantitative estimate of drug-likeness (QED) is 0.881. The Morgan fingerprint density at radius 3 is 2.35 bits per heavy atom. The van der Waals surface area contributed by atoms with Crippen molar-refractivity contribution in [1.29, 1.82) is 0 Å². The summed E-state index contributed by atoms with van der Waals surface area (Å²) in [6.07, 6.45) is 1.98. The number of carbonyl (C=O) groups is 1. The molecule has 94 valence electrons. The van der Waals surface area contributed by atoms with E-state index < -0.39 is 0 Å². The zero-order valence-electron chi connectivity index (χ0n) is 10.3. The van der Waals surface area contributed by atoms with Gasteiger partial charge in [-0.25, -0.2) is 0 Å². The van der Waals surface area contributed by atoms with E-state index in [-0.39, 0.29) is 18.3 Å². The largest absolute Gasteiger partial charge is 0.341 e. The number of amides is 1. The number of hydrogen-bond donors (Lipinski definition) is 1. The van der Waals surface area contributed by atoms with Crippen LogP contribution in [-0.2, 0) is 17.6 Å². The molecule has 3 nitrogen and oxygen atoms in total. The van der Waals surface area contributed by atoms with Crippen molar-refractivity contribution in [1.82, 2.24) is 10.2 Å². The fourth-order valence-corrected chi connectivity index (χ4v) is 2.29. The first-order chi connectivity index (χ1) is 7.72. The molecule has 1 aromatic carbocycles. The van der Waals surface area contributed by atoms with Crippen molar-refractivity contribution in [3.8, 4) is 0 Å². The molecule has 0 heterocycles. The van der Waals surface area contributed by atoms with Crippen molar-refractivity contribution in [2.45, 2.75) is 18.9 Å². The molecule has 17 heavy (non-hydrogen) atoms. The molecule has 0 fully saturated rings. The normalized spacial score (nSPS) is 14.0. The van der Waals surface area contributed by atoms with Crippen molar-refractivity contribution < 1.29 is 4.79 Å². The van der Waals surface area contributed by atoms with Gasteiger partial charge in [0.25, 0.3) is 0 Å². The first-order valence-corrected chi connectivity index (χ1v) is 5.69. The number of nitrogens with zero attached hydrogens (tertiary/aromatic N) is 1. The molecule has 0 bridgehead atoms. The van der Waals surface area contributed by atoms with Gasteiger partial charge in [0, 0.05) is 13.1 Å². The third kappa shape index (κ3) is 2.99. The monoisotopic (exact) mass is 254 g/mol. The predicted octanol–water partition coefficient (Wildman–Crippen LogP) is 1.25. The van der Waals surface area contributed by atoms with Crippen LogP contribution in [0.25, 0.3) is 0 Å². The zero-order valence-corrected chi connectivity index (χ0v) is 11.1. The number of nitrogens with one attached hydrogen (secondary N) is 1. The van der Waals surface area contributed by atoms with Crippen LogP contribution in [0.2, 0.25) is 0 Å². The third-order valence-electron chi connectivity index (χ3n) is 3.30. The summed E-state index contributed by atoms with van der Waals surface area (Å²) in [6.45, 7) is 0.420. The molecule has 0 saturated heterocycles. The molecule has 1 amide bonds. The molecule has 0 unspecified atom stereocenters. The maximum absolute atomic E-state index is 11.7. The molecule has 1 aliphatic rings. The Morgan fingerprint density at radius 2 is 1.88 bits per heavy atom. The number of likely N-dealkylation sites (N-methyl/N-ethyl adjacent to an activating group) is 2. The molecule has 0 atom stereocenters. The second-order valence-corrected chi connectivity index (χ2v) is 4.37. The average Bonchev–Trinajstić information content (AvgIpc) is 2.71. The summed E-state index contributed by atoms with van der Waals surface area (Å²) >= 11 is 0. The highest BCUT2D eigenvalue weighted by molar-refractivity contribution is 5.85. The maximum Gasteiger partial charge on any atom is 0.236 e. The van der Waals surface area contributed by atoms with Crippen LogP contribution in [0.3, 0.4) is 0 Å². The molecule has 0 radical (unpaired) electrons. The second-order valence-electron chi connectivity index (χ2n) is 4.37. The van der Waals surface area contributed by atoms with E-state index in [0.29, 0.717) is 12.6 Å². The zero-order chi connectivity index (χ0) is 11.5. The van der Waals surface area contributed by atoms with Gasteiger partial charge in [0.15, 0.2) is 0 Å². The molecule has 1 aliphatic carbocycles. The van der Waals surface area contributed by atoms with Crippen molar-refractivity contribution in [2.24, 2.45) is 0 Å². The lowest BCUT2D eigenvalue weighted by molar-refractivity contribution is -0.130. The molecule has 1 N–H and O–H groups in total. The van der Waals surface area contributed by atoms with Gasteiger partial charge in [-0.3, -0.25) is 4.79 Å². The van der Waals surface area contributed by atoms with Crippen LogP contribution in [0, 0.1) is 0 Å². The number of hydrogen-bond acceptors (Lipinski definition) is 2. The summed E-state index contributed by atoms with van der Waals surface area (Å²) in [4.78, 5) is 13.6. The van der Waals surface area contributed by atoms with Crippen LogP contribution in [0.5, 0.6) is 0 Å². The fourth-order valence-electron chi connectivity index (χ4n) is 2.29. The molecular weight excluding hydrogens is 236 g/mol. The van der Waals surface area contributed by atoms with E-state index >= 15 is 0 Å². The Labute approximate surface area is 109 Å². The summed E-state index contributed by atoms with van der Waals surface area (Å²) in [5.41, 5.74) is 2.77. The lowest BCUT2D eigenvalue weighted by Crippen LogP contribution is -2.41. The smallest absolute Gasteiger partial charge is 0.236 e. The van der Waals surface area contributed by atoms with Gasteiger partial charge >= 0.3 is 0 Å². The van der Waals surface area contributed by atoms with Gasteiger partial charge in [0.2, 0.25) is 5.91 Å². The third-order valence-corrected chi connectivity index (χ3v) is 3.30. The minimum absolute atomic E-state index is 0. The van der Waals surface area contributed by atoms with Crippen molar-refractivity contribution in [3.05, 3.63) is 35.4 Å². The van der Waals surface area contributed by atoms with Gasteiger partial charge in [-0.05, 0) is 31.0 Å². The van der Waals surface area contributed by atoms with E-state index in [2.05, 4.69) is 29.6 Å². The molecule has 0 saturated carbocycles. The van der Waals surface area contributed by atoms with Crippen LogP contribution in [0.1, 0.15) is 11.1 Å². The van der Waals surface area contributed by atoms with Crippen LogP contribution in [0.4, 0.5) is 0 Å². The Morgan fingerprint density at radius 1 is 1.35 bits per heavy atom. The molecule has 1 aromatic rings.